The normalized spacial score (nSPS) is 23.1. The smallest absolute Gasteiger partial charge is 0.337 e. The highest BCUT2D eigenvalue weighted by Gasteiger charge is 2.29. The Balaban J connectivity index is 2.35. The van der Waals surface area contributed by atoms with E-state index in [2.05, 4.69) is 5.32 Å². The Morgan fingerprint density at radius 3 is 2.89 bits per heavy atom. The van der Waals surface area contributed by atoms with Gasteiger partial charge in [0.05, 0.1) is 28.4 Å². The maximum atomic E-state index is 11.3. The number of carboxylic acid groups (broad SMARTS) is 1. The lowest BCUT2D eigenvalue weighted by atomic mass is 9.94. The van der Waals surface area contributed by atoms with Crippen LogP contribution >= 0.6 is 11.6 Å². The van der Waals surface area contributed by atoms with Crippen LogP contribution < -0.4 is 11.1 Å². The van der Waals surface area contributed by atoms with Crippen molar-refractivity contribution in [3.63, 3.8) is 0 Å². The van der Waals surface area contributed by atoms with Gasteiger partial charge in [-0.25, -0.2) is 4.79 Å². The summed E-state index contributed by atoms with van der Waals surface area (Å²) < 4.78 is 5.44. The lowest BCUT2D eigenvalue weighted by molar-refractivity contribution is 0.0538. The van der Waals surface area contributed by atoms with Gasteiger partial charge in [-0.1, -0.05) is 11.6 Å². The molecular weight excluding hydrogens is 268 g/mol. The van der Waals surface area contributed by atoms with Gasteiger partial charge in [0, 0.05) is 12.3 Å². The predicted octanol–water partition coefficient (Wildman–Crippen LogP) is 2.60. The molecule has 5 nitrogen and oxygen atoms in total. The van der Waals surface area contributed by atoms with Gasteiger partial charge in [0.25, 0.3) is 0 Å². The van der Waals surface area contributed by atoms with E-state index in [9.17, 15) is 9.90 Å². The van der Waals surface area contributed by atoms with Crippen LogP contribution in [0.4, 0.5) is 11.4 Å². The van der Waals surface area contributed by atoms with E-state index in [0.29, 0.717) is 23.0 Å². The minimum Gasteiger partial charge on any atom is -0.478 e. The molecule has 0 saturated carbocycles. The van der Waals surface area contributed by atoms with Gasteiger partial charge in [-0.05, 0) is 31.9 Å². The van der Waals surface area contributed by atoms with Crippen molar-refractivity contribution < 1.29 is 14.6 Å². The molecule has 0 amide bonds. The van der Waals surface area contributed by atoms with E-state index >= 15 is 0 Å². The average molecular weight is 285 g/mol. The van der Waals surface area contributed by atoms with Crippen LogP contribution in [0.15, 0.2) is 12.1 Å². The summed E-state index contributed by atoms with van der Waals surface area (Å²) in [5, 5.41) is 12.8. The SMILES string of the molecule is CC1(Nc2c(Cl)cc(N)cc2C(=O)O)CCCOC1. The number of hydrogen-bond donors (Lipinski definition) is 3. The monoisotopic (exact) mass is 284 g/mol. The van der Waals surface area contributed by atoms with Crippen LogP contribution in [0.3, 0.4) is 0 Å². The van der Waals surface area contributed by atoms with Gasteiger partial charge in [-0.3, -0.25) is 0 Å². The third kappa shape index (κ3) is 3.11. The minimum atomic E-state index is -1.06. The van der Waals surface area contributed by atoms with Crippen molar-refractivity contribution in [2.24, 2.45) is 0 Å². The Hall–Kier alpha value is -1.46. The van der Waals surface area contributed by atoms with Crippen LogP contribution in [0.1, 0.15) is 30.1 Å². The van der Waals surface area contributed by atoms with E-state index in [1.165, 1.54) is 6.07 Å². The van der Waals surface area contributed by atoms with Crippen molar-refractivity contribution in [3.05, 3.63) is 22.7 Å². The topological polar surface area (TPSA) is 84.6 Å². The van der Waals surface area contributed by atoms with Crippen molar-refractivity contribution >= 4 is 28.9 Å². The number of nitrogens with two attached hydrogens (primary N) is 1. The van der Waals surface area contributed by atoms with Crippen molar-refractivity contribution in [2.45, 2.75) is 25.3 Å². The van der Waals surface area contributed by atoms with Crippen LogP contribution in [0.25, 0.3) is 0 Å². The zero-order chi connectivity index (χ0) is 14.0. The second-order valence-electron chi connectivity index (χ2n) is 5.07. The molecule has 1 saturated heterocycles. The van der Waals surface area contributed by atoms with Gasteiger partial charge in [-0.15, -0.1) is 0 Å². The van der Waals surface area contributed by atoms with E-state index in [1.807, 2.05) is 6.92 Å². The first kappa shape index (κ1) is 14.0. The molecule has 1 aliphatic heterocycles. The molecule has 0 aromatic heterocycles. The minimum absolute atomic E-state index is 0.0804. The molecule has 1 atom stereocenters. The summed E-state index contributed by atoms with van der Waals surface area (Å²) in [6, 6.07) is 2.95. The first-order chi connectivity index (χ1) is 8.91. The van der Waals surface area contributed by atoms with Crippen LogP contribution in [0.5, 0.6) is 0 Å². The number of benzene rings is 1. The Bertz CT molecular complexity index is 499. The van der Waals surface area contributed by atoms with Gasteiger partial charge in [0.15, 0.2) is 0 Å². The second-order valence-corrected chi connectivity index (χ2v) is 5.48. The Kier molecular flexibility index (Phi) is 3.87. The molecule has 0 aliphatic carbocycles. The molecule has 6 heteroatoms. The summed E-state index contributed by atoms with van der Waals surface area (Å²) in [6.45, 7) is 3.25. The molecule has 0 radical (unpaired) electrons. The maximum absolute atomic E-state index is 11.3. The number of anilines is 2. The summed E-state index contributed by atoms with van der Waals surface area (Å²) in [4.78, 5) is 11.3. The first-order valence-electron chi connectivity index (χ1n) is 6.09. The van der Waals surface area contributed by atoms with Gasteiger partial charge < -0.3 is 20.9 Å². The number of nitrogen functional groups attached to an aromatic ring is 1. The van der Waals surface area contributed by atoms with E-state index in [4.69, 9.17) is 22.1 Å². The number of rotatable bonds is 3. The van der Waals surface area contributed by atoms with Crippen LogP contribution in [0, 0.1) is 0 Å². The molecule has 0 spiro atoms. The summed E-state index contributed by atoms with van der Waals surface area (Å²) in [5.74, 6) is -1.06. The summed E-state index contributed by atoms with van der Waals surface area (Å²) in [6.07, 6.45) is 1.82. The predicted molar refractivity (Wildman–Crippen MR) is 74.9 cm³/mol. The highest BCUT2D eigenvalue weighted by molar-refractivity contribution is 6.34. The molecule has 2 rings (SSSR count). The van der Waals surface area contributed by atoms with Crippen molar-refractivity contribution in [3.8, 4) is 0 Å². The van der Waals surface area contributed by atoms with Gasteiger partial charge in [0.1, 0.15) is 0 Å². The van der Waals surface area contributed by atoms with Gasteiger partial charge in [0.2, 0.25) is 0 Å². The number of carboxylic acids is 1. The molecule has 1 fully saturated rings. The largest absolute Gasteiger partial charge is 0.478 e. The van der Waals surface area contributed by atoms with Crippen molar-refractivity contribution in [2.75, 3.05) is 24.3 Å². The maximum Gasteiger partial charge on any atom is 0.337 e. The molecule has 1 aromatic carbocycles. The molecule has 1 aliphatic rings. The summed E-state index contributed by atoms with van der Waals surface area (Å²) >= 11 is 6.11. The Morgan fingerprint density at radius 1 is 1.58 bits per heavy atom. The third-order valence-corrected chi connectivity index (χ3v) is 3.51. The fraction of sp³-hybridized carbons (Fsp3) is 0.462. The molecule has 1 heterocycles. The van der Waals surface area contributed by atoms with Gasteiger partial charge in [-0.2, -0.15) is 0 Å². The molecule has 19 heavy (non-hydrogen) atoms. The van der Waals surface area contributed by atoms with E-state index < -0.39 is 5.97 Å². The summed E-state index contributed by atoms with van der Waals surface area (Å²) in [7, 11) is 0. The number of aromatic carboxylic acids is 1. The standard InChI is InChI=1S/C13H17ClN2O3/c1-13(3-2-4-19-7-13)16-11-9(12(17)18)5-8(15)6-10(11)14/h5-6,16H,2-4,7,15H2,1H3,(H,17,18). The molecule has 1 aromatic rings. The van der Waals surface area contributed by atoms with Crippen LogP contribution in [-0.2, 0) is 4.74 Å². The number of ether oxygens (including phenoxy) is 1. The lowest BCUT2D eigenvalue weighted by Crippen LogP contribution is -2.43. The zero-order valence-corrected chi connectivity index (χ0v) is 11.5. The highest BCUT2D eigenvalue weighted by atomic mass is 35.5. The number of nitrogens with one attached hydrogen (secondary N) is 1. The zero-order valence-electron chi connectivity index (χ0n) is 10.7. The lowest BCUT2D eigenvalue weighted by Gasteiger charge is -2.36. The molecule has 0 bridgehead atoms. The third-order valence-electron chi connectivity index (χ3n) is 3.21. The fourth-order valence-corrected chi connectivity index (χ4v) is 2.53. The Labute approximate surface area is 116 Å². The van der Waals surface area contributed by atoms with E-state index in [-0.39, 0.29) is 11.1 Å². The van der Waals surface area contributed by atoms with E-state index in [0.717, 1.165) is 19.4 Å². The van der Waals surface area contributed by atoms with Crippen molar-refractivity contribution in [1.82, 2.24) is 0 Å². The van der Waals surface area contributed by atoms with Crippen LogP contribution in [-0.4, -0.2) is 29.8 Å². The summed E-state index contributed by atoms with van der Waals surface area (Å²) in [5.41, 5.74) is 6.13. The highest BCUT2D eigenvalue weighted by Crippen LogP contribution is 2.33. The second kappa shape index (κ2) is 5.27. The first-order valence-corrected chi connectivity index (χ1v) is 6.47. The number of hydrogen-bond acceptors (Lipinski definition) is 4. The number of carbonyl (C=O) groups is 1. The molecular formula is C13H17ClN2O3. The van der Waals surface area contributed by atoms with Crippen LogP contribution in [0.2, 0.25) is 5.02 Å². The number of halogens is 1. The molecule has 4 N–H and O–H groups in total. The van der Waals surface area contributed by atoms with Gasteiger partial charge >= 0.3 is 5.97 Å². The molecule has 104 valence electrons. The average Bonchev–Trinajstić information content (AvgIpc) is 2.33. The van der Waals surface area contributed by atoms with E-state index in [1.54, 1.807) is 6.07 Å². The fourth-order valence-electron chi connectivity index (χ4n) is 2.26. The quantitative estimate of drug-likeness (QED) is 0.743. The Morgan fingerprint density at radius 2 is 2.32 bits per heavy atom. The van der Waals surface area contributed by atoms with Crippen molar-refractivity contribution in [1.29, 1.82) is 0 Å². The molecule has 1 unspecified atom stereocenters.